The molecule has 0 aliphatic carbocycles. The molecule has 0 bridgehead atoms. The van der Waals surface area contributed by atoms with E-state index in [2.05, 4.69) is 0 Å². The van der Waals surface area contributed by atoms with E-state index >= 15 is 0 Å². The fourth-order valence-corrected chi connectivity index (χ4v) is 4.40. The summed E-state index contributed by atoms with van der Waals surface area (Å²) in [4.78, 5) is 25.2. The molecule has 6 heteroatoms. The molecule has 4 aromatic carbocycles. The Balaban J connectivity index is 1.58. The topological polar surface area (TPSA) is 71.1 Å². The zero-order valence-corrected chi connectivity index (χ0v) is 21.1. The number of Topliss-reactive ketones (excluding diaryl/α,β-unsaturated/α-hetero) is 1. The fraction of sp³-hybridized carbons (Fsp3) is 0.188. The van der Waals surface area contributed by atoms with Crippen molar-refractivity contribution in [3.8, 4) is 17.2 Å². The Kier molecular flexibility index (Phi) is 7.69. The summed E-state index contributed by atoms with van der Waals surface area (Å²) in [7, 11) is 0. The number of esters is 1. The maximum atomic E-state index is 13.5. The number of carbonyl (C=O) groups is 2. The van der Waals surface area contributed by atoms with Gasteiger partial charge in [-0.2, -0.15) is 0 Å². The van der Waals surface area contributed by atoms with Gasteiger partial charge in [0.25, 0.3) is 0 Å². The first-order valence-corrected chi connectivity index (χ1v) is 12.5. The molecular weight excluding hydrogens is 480 g/mol. The first-order valence-electron chi connectivity index (χ1n) is 12.5. The fourth-order valence-electron chi connectivity index (χ4n) is 4.40. The molecule has 0 aromatic heterocycles. The molecule has 1 aliphatic rings. The van der Waals surface area contributed by atoms with E-state index in [1.165, 1.54) is 6.92 Å². The summed E-state index contributed by atoms with van der Waals surface area (Å²) < 4.78 is 24.3. The second-order valence-corrected chi connectivity index (χ2v) is 9.04. The summed E-state index contributed by atoms with van der Waals surface area (Å²) >= 11 is 0. The highest BCUT2D eigenvalue weighted by Gasteiger charge is 2.35. The standard InChI is InChI=1S/C32H28O6/c1-22(33)35-21-26-17-29(36-19-23-11-5-2-6-12-23)31(37-20-24-13-7-3-8-14-24)32-30(26)27(34)18-28(38-32)25-15-9-4-10-16-25/h2-17,28H,18-21H2,1H3. The van der Waals surface area contributed by atoms with Crippen molar-refractivity contribution in [2.45, 2.75) is 39.3 Å². The monoisotopic (exact) mass is 508 g/mol. The lowest BCUT2D eigenvalue weighted by molar-refractivity contribution is -0.142. The zero-order chi connectivity index (χ0) is 26.3. The Hall–Kier alpha value is -4.58. The Morgan fingerprint density at radius 2 is 1.39 bits per heavy atom. The largest absolute Gasteiger partial charge is 0.485 e. The summed E-state index contributed by atoms with van der Waals surface area (Å²) in [5.41, 5.74) is 3.69. The van der Waals surface area contributed by atoms with Gasteiger partial charge in [-0.05, 0) is 22.8 Å². The van der Waals surface area contributed by atoms with Crippen molar-refractivity contribution in [3.63, 3.8) is 0 Å². The van der Waals surface area contributed by atoms with Gasteiger partial charge < -0.3 is 18.9 Å². The van der Waals surface area contributed by atoms with E-state index in [0.29, 0.717) is 28.4 Å². The third kappa shape index (κ3) is 5.86. The van der Waals surface area contributed by atoms with Crippen LogP contribution in [0.15, 0.2) is 97.1 Å². The smallest absolute Gasteiger partial charge is 0.302 e. The number of hydrogen-bond donors (Lipinski definition) is 0. The minimum Gasteiger partial charge on any atom is -0.485 e. The highest BCUT2D eigenvalue weighted by Crippen LogP contribution is 2.48. The van der Waals surface area contributed by atoms with E-state index in [0.717, 1.165) is 16.7 Å². The third-order valence-corrected chi connectivity index (χ3v) is 6.26. The molecule has 1 unspecified atom stereocenters. The van der Waals surface area contributed by atoms with Crippen LogP contribution in [0.3, 0.4) is 0 Å². The van der Waals surface area contributed by atoms with Crippen molar-refractivity contribution in [2.75, 3.05) is 0 Å². The minimum absolute atomic E-state index is 0.0799. The number of rotatable bonds is 9. The Morgan fingerprint density at radius 3 is 2.00 bits per heavy atom. The lowest BCUT2D eigenvalue weighted by atomic mass is 9.92. The van der Waals surface area contributed by atoms with E-state index in [9.17, 15) is 9.59 Å². The highest BCUT2D eigenvalue weighted by molar-refractivity contribution is 6.02. The molecule has 6 nitrogen and oxygen atoms in total. The van der Waals surface area contributed by atoms with Crippen LogP contribution in [0, 0.1) is 0 Å². The summed E-state index contributed by atoms with van der Waals surface area (Å²) in [6.45, 7) is 1.79. The minimum atomic E-state index is -0.485. The van der Waals surface area contributed by atoms with Crippen LogP contribution in [0.4, 0.5) is 0 Å². The Morgan fingerprint density at radius 1 is 0.816 bits per heavy atom. The number of fused-ring (bicyclic) bond motifs is 1. The molecule has 38 heavy (non-hydrogen) atoms. The van der Waals surface area contributed by atoms with Gasteiger partial charge in [0, 0.05) is 12.5 Å². The van der Waals surface area contributed by atoms with Crippen LogP contribution in [-0.4, -0.2) is 11.8 Å². The van der Waals surface area contributed by atoms with E-state index in [1.807, 2.05) is 91.0 Å². The number of hydrogen-bond acceptors (Lipinski definition) is 6. The first kappa shape index (κ1) is 25.1. The molecular formula is C32H28O6. The molecule has 0 spiro atoms. The van der Waals surface area contributed by atoms with Crippen LogP contribution in [-0.2, 0) is 29.4 Å². The third-order valence-electron chi connectivity index (χ3n) is 6.26. The molecule has 1 atom stereocenters. The number of ether oxygens (including phenoxy) is 4. The van der Waals surface area contributed by atoms with Gasteiger partial charge in [-0.3, -0.25) is 9.59 Å². The quantitative estimate of drug-likeness (QED) is 0.237. The maximum Gasteiger partial charge on any atom is 0.302 e. The molecule has 0 radical (unpaired) electrons. The van der Waals surface area contributed by atoms with Crippen LogP contribution < -0.4 is 14.2 Å². The van der Waals surface area contributed by atoms with Crippen molar-refractivity contribution in [1.82, 2.24) is 0 Å². The van der Waals surface area contributed by atoms with E-state index in [-0.39, 0.29) is 32.0 Å². The van der Waals surface area contributed by atoms with E-state index in [4.69, 9.17) is 18.9 Å². The number of ketones is 1. The van der Waals surface area contributed by atoms with Crippen LogP contribution in [0.2, 0.25) is 0 Å². The van der Waals surface area contributed by atoms with Crippen LogP contribution in [0.5, 0.6) is 17.2 Å². The second kappa shape index (κ2) is 11.6. The molecule has 1 aliphatic heterocycles. The van der Waals surface area contributed by atoms with Gasteiger partial charge in [0.05, 0.1) is 12.0 Å². The lowest BCUT2D eigenvalue weighted by Crippen LogP contribution is -2.23. The SMILES string of the molecule is CC(=O)OCc1cc(OCc2ccccc2)c(OCc2ccccc2)c2c1C(=O)CC(c1ccccc1)O2. The molecule has 0 saturated heterocycles. The van der Waals surface area contributed by atoms with Crippen molar-refractivity contribution in [3.05, 3.63) is 125 Å². The lowest BCUT2D eigenvalue weighted by Gasteiger charge is -2.30. The highest BCUT2D eigenvalue weighted by atomic mass is 16.5. The van der Waals surface area contributed by atoms with Gasteiger partial charge in [0.2, 0.25) is 5.75 Å². The molecule has 0 N–H and O–H groups in total. The molecule has 192 valence electrons. The van der Waals surface area contributed by atoms with E-state index in [1.54, 1.807) is 6.07 Å². The Bertz CT molecular complexity index is 1400. The van der Waals surface area contributed by atoms with Crippen LogP contribution in [0.25, 0.3) is 0 Å². The average Bonchev–Trinajstić information content (AvgIpc) is 2.95. The van der Waals surface area contributed by atoms with Crippen molar-refractivity contribution in [1.29, 1.82) is 0 Å². The molecule has 0 saturated carbocycles. The predicted molar refractivity (Wildman–Crippen MR) is 142 cm³/mol. The molecule has 0 amide bonds. The molecule has 4 aromatic rings. The van der Waals surface area contributed by atoms with Crippen LogP contribution >= 0.6 is 0 Å². The van der Waals surface area contributed by atoms with Gasteiger partial charge in [0.15, 0.2) is 17.3 Å². The first-order chi connectivity index (χ1) is 18.6. The van der Waals surface area contributed by atoms with Crippen molar-refractivity contribution in [2.24, 2.45) is 0 Å². The van der Waals surface area contributed by atoms with E-state index < -0.39 is 12.1 Å². The van der Waals surface area contributed by atoms with Crippen LogP contribution in [0.1, 0.15) is 52.1 Å². The zero-order valence-electron chi connectivity index (χ0n) is 21.1. The van der Waals surface area contributed by atoms with Gasteiger partial charge >= 0.3 is 5.97 Å². The summed E-state index contributed by atoms with van der Waals surface area (Å²) in [5, 5.41) is 0. The second-order valence-electron chi connectivity index (χ2n) is 9.04. The summed E-state index contributed by atoms with van der Waals surface area (Å²) in [5.74, 6) is 0.508. The normalized spacial score (nSPS) is 14.2. The average molecular weight is 509 g/mol. The van der Waals surface area contributed by atoms with Gasteiger partial charge in [-0.25, -0.2) is 0 Å². The molecule has 0 fully saturated rings. The van der Waals surface area contributed by atoms with Gasteiger partial charge in [-0.15, -0.1) is 0 Å². The predicted octanol–water partition coefficient (Wildman–Crippen LogP) is 6.61. The van der Waals surface area contributed by atoms with Gasteiger partial charge in [0.1, 0.15) is 25.9 Å². The number of carbonyl (C=O) groups excluding carboxylic acids is 2. The molecule has 5 rings (SSSR count). The molecule has 1 heterocycles. The summed E-state index contributed by atoms with van der Waals surface area (Å²) in [6.07, 6.45) is -0.326. The van der Waals surface area contributed by atoms with Gasteiger partial charge in [-0.1, -0.05) is 91.0 Å². The Labute approximate surface area is 221 Å². The van der Waals surface area contributed by atoms with Crippen molar-refractivity contribution >= 4 is 11.8 Å². The number of benzene rings is 4. The maximum absolute atomic E-state index is 13.5. The summed E-state index contributed by atoms with van der Waals surface area (Å²) in [6, 6.07) is 30.8. The van der Waals surface area contributed by atoms with Crippen molar-refractivity contribution < 1.29 is 28.5 Å².